The van der Waals surface area contributed by atoms with Gasteiger partial charge in [0.05, 0.1) is 6.10 Å². The van der Waals surface area contributed by atoms with Gasteiger partial charge in [-0.05, 0) is 44.7 Å². The van der Waals surface area contributed by atoms with Crippen molar-refractivity contribution in [1.82, 2.24) is 4.90 Å². The smallest absolute Gasteiger partial charge is 0.253 e. The monoisotopic (exact) mass is 261 g/mol. The summed E-state index contributed by atoms with van der Waals surface area (Å²) in [6.07, 6.45) is 4.83. The Bertz CT molecular complexity index is 407. The summed E-state index contributed by atoms with van der Waals surface area (Å²) in [5.41, 5.74) is 1.94. The molecule has 1 fully saturated rings. The van der Waals surface area contributed by atoms with Crippen LogP contribution in [0.2, 0.25) is 0 Å². The van der Waals surface area contributed by atoms with Crippen LogP contribution >= 0.6 is 0 Å². The number of rotatable bonds is 4. The molecular weight excluding hydrogens is 238 g/mol. The molecule has 0 saturated carbocycles. The van der Waals surface area contributed by atoms with Crippen molar-refractivity contribution < 1.29 is 9.53 Å². The normalized spacial score (nSPS) is 19.2. The number of amides is 1. The van der Waals surface area contributed by atoms with Gasteiger partial charge in [0, 0.05) is 25.8 Å². The minimum atomic E-state index is 0.0933. The highest BCUT2D eigenvalue weighted by Gasteiger charge is 2.17. The zero-order chi connectivity index (χ0) is 13.7. The first-order valence-corrected chi connectivity index (χ1v) is 7.10. The fourth-order valence-corrected chi connectivity index (χ4v) is 2.39. The molecule has 3 nitrogen and oxygen atoms in total. The van der Waals surface area contributed by atoms with Gasteiger partial charge < -0.3 is 9.64 Å². The first-order valence-electron chi connectivity index (χ1n) is 7.10. The summed E-state index contributed by atoms with van der Waals surface area (Å²) in [7, 11) is 1.87. The van der Waals surface area contributed by atoms with Crippen LogP contribution in [-0.4, -0.2) is 37.1 Å². The molecule has 0 radical (unpaired) electrons. The summed E-state index contributed by atoms with van der Waals surface area (Å²) < 4.78 is 5.69. The van der Waals surface area contributed by atoms with E-state index in [1.165, 1.54) is 18.4 Å². The Hall–Kier alpha value is -1.35. The van der Waals surface area contributed by atoms with E-state index in [9.17, 15) is 4.79 Å². The van der Waals surface area contributed by atoms with Gasteiger partial charge in [-0.2, -0.15) is 0 Å². The van der Waals surface area contributed by atoms with E-state index < -0.39 is 0 Å². The van der Waals surface area contributed by atoms with Crippen LogP contribution in [0.25, 0.3) is 0 Å². The minimum Gasteiger partial charge on any atom is -0.378 e. The number of nitrogens with zero attached hydrogens (tertiary/aromatic N) is 1. The highest BCUT2D eigenvalue weighted by atomic mass is 16.5. The van der Waals surface area contributed by atoms with Crippen LogP contribution in [0.15, 0.2) is 24.3 Å². The molecule has 1 aromatic rings. The first kappa shape index (κ1) is 14.1. The predicted octanol–water partition coefficient (Wildman–Crippen LogP) is 3.03. The van der Waals surface area contributed by atoms with Crippen molar-refractivity contribution in [2.75, 3.05) is 20.2 Å². The summed E-state index contributed by atoms with van der Waals surface area (Å²) >= 11 is 0. The lowest BCUT2D eigenvalue weighted by atomic mass is 10.1. The molecule has 3 heteroatoms. The zero-order valence-corrected chi connectivity index (χ0v) is 11.9. The zero-order valence-electron chi connectivity index (χ0n) is 11.9. The summed E-state index contributed by atoms with van der Waals surface area (Å²) in [4.78, 5) is 14.0. The Morgan fingerprint density at radius 3 is 2.68 bits per heavy atom. The van der Waals surface area contributed by atoms with Crippen LogP contribution in [0, 0.1) is 6.92 Å². The Morgan fingerprint density at radius 1 is 1.32 bits per heavy atom. The van der Waals surface area contributed by atoms with Crippen molar-refractivity contribution in [1.29, 1.82) is 0 Å². The van der Waals surface area contributed by atoms with E-state index in [0.717, 1.165) is 31.6 Å². The number of hydrogen-bond acceptors (Lipinski definition) is 2. The molecule has 0 aromatic heterocycles. The van der Waals surface area contributed by atoms with Gasteiger partial charge in [-0.15, -0.1) is 0 Å². The first-order chi connectivity index (χ1) is 9.16. The standard InChI is InChI=1S/C16H23NO2/c1-13-6-8-14(9-7-13)16(18)17(2)11-10-15-5-3-4-12-19-15/h6-9,15H,3-5,10-12H2,1-2H3. The quantitative estimate of drug-likeness (QED) is 0.833. The Kier molecular flexibility index (Phi) is 4.97. The average molecular weight is 261 g/mol. The Labute approximate surface area is 115 Å². The van der Waals surface area contributed by atoms with E-state index in [1.54, 1.807) is 4.90 Å². The van der Waals surface area contributed by atoms with Crippen LogP contribution in [0.5, 0.6) is 0 Å². The molecule has 104 valence electrons. The molecule has 0 spiro atoms. The van der Waals surface area contributed by atoms with Gasteiger partial charge in [-0.3, -0.25) is 4.79 Å². The van der Waals surface area contributed by atoms with Crippen LogP contribution in [-0.2, 0) is 4.74 Å². The molecule has 1 unspecified atom stereocenters. The van der Waals surface area contributed by atoms with Crippen molar-refractivity contribution in [2.45, 2.75) is 38.7 Å². The molecule has 0 aliphatic carbocycles. The largest absolute Gasteiger partial charge is 0.378 e. The van der Waals surface area contributed by atoms with Gasteiger partial charge in [0.15, 0.2) is 0 Å². The predicted molar refractivity (Wildman–Crippen MR) is 76.3 cm³/mol. The molecule has 0 bridgehead atoms. The third kappa shape index (κ3) is 4.06. The topological polar surface area (TPSA) is 29.5 Å². The Balaban J connectivity index is 1.83. The van der Waals surface area contributed by atoms with E-state index >= 15 is 0 Å². The van der Waals surface area contributed by atoms with Crippen LogP contribution < -0.4 is 0 Å². The maximum absolute atomic E-state index is 12.2. The molecule has 19 heavy (non-hydrogen) atoms. The lowest BCUT2D eigenvalue weighted by molar-refractivity contribution is 0.00709. The molecule has 1 heterocycles. The van der Waals surface area contributed by atoms with Gasteiger partial charge in [-0.1, -0.05) is 17.7 Å². The molecule has 1 aliphatic heterocycles. The molecule has 1 aromatic carbocycles. The number of carbonyl (C=O) groups is 1. The molecule has 1 atom stereocenters. The summed E-state index contributed by atoms with van der Waals surface area (Å²) in [6.45, 7) is 3.66. The van der Waals surface area contributed by atoms with Gasteiger partial charge in [-0.25, -0.2) is 0 Å². The van der Waals surface area contributed by atoms with Gasteiger partial charge in [0.25, 0.3) is 5.91 Å². The number of ether oxygens (including phenoxy) is 1. The second-order valence-corrected chi connectivity index (χ2v) is 5.37. The molecule has 0 N–H and O–H groups in total. The third-order valence-electron chi connectivity index (χ3n) is 3.71. The molecule has 1 aliphatic rings. The number of benzene rings is 1. The van der Waals surface area contributed by atoms with Crippen LogP contribution in [0.4, 0.5) is 0 Å². The van der Waals surface area contributed by atoms with Gasteiger partial charge in [0.1, 0.15) is 0 Å². The van der Waals surface area contributed by atoms with E-state index in [1.807, 2.05) is 38.2 Å². The van der Waals surface area contributed by atoms with Crippen molar-refractivity contribution in [3.63, 3.8) is 0 Å². The maximum atomic E-state index is 12.2. The number of hydrogen-bond donors (Lipinski definition) is 0. The summed E-state index contributed by atoms with van der Waals surface area (Å²) in [5, 5.41) is 0. The second kappa shape index (κ2) is 6.71. The minimum absolute atomic E-state index is 0.0933. The summed E-state index contributed by atoms with van der Waals surface area (Å²) in [6, 6.07) is 7.74. The van der Waals surface area contributed by atoms with Crippen molar-refractivity contribution in [2.24, 2.45) is 0 Å². The van der Waals surface area contributed by atoms with E-state index in [2.05, 4.69) is 0 Å². The fraction of sp³-hybridized carbons (Fsp3) is 0.562. The van der Waals surface area contributed by atoms with Gasteiger partial charge >= 0.3 is 0 Å². The third-order valence-corrected chi connectivity index (χ3v) is 3.71. The fourth-order valence-electron chi connectivity index (χ4n) is 2.39. The van der Waals surface area contributed by atoms with Crippen LogP contribution in [0.3, 0.4) is 0 Å². The lowest BCUT2D eigenvalue weighted by Crippen LogP contribution is -2.31. The molecular formula is C16H23NO2. The molecule has 2 rings (SSSR count). The SMILES string of the molecule is Cc1ccc(C(=O)N(C)CCC2CCCCO2)cc1. The second-order valence-electron chi connectivity index (χ2n) is 5.37. The lowest BCUT2D eigenvalue weighted by Gasteiger charge is -2.25. The Morgan fingerprint density at radius 2 is 2.05 bits per heavy atom. The maximum Gasteiger partial charge on any atom is 0.253 e. The van der Waals surface area contributed by atoms with Crippen molar-refractivity contribution in [3.05, 3.63) is 35.4 Å². The number of aryl methyl sites for hydroxylation is 1. The summed E-state index contributed by atoms with van der Waals surface area (Å²) in [5.74, 6) is 0.0933. The average Bonchev–Trinajstić information content (AvgIpc) is 2.46. The van der Waals surface area contributed by atoms with Crippen molar-refractivity contribution >= 4 is 5.91 Å². The van der Waals surface area contributed by atoms with Crippen molar-refractivity contribution in [3.8, 4) is 0 Å². The van der Waals surface area contributed by atoms with E-state index in [0.29, 0.717) is 6.10 Å². The highest BCUT2D eigenvalue weighted by molar-refractivity contribution is 5.94. The van der Waals surface area contributed by atoms with Gasteiger partial charge in [0.2, 0.25) is 0 Å². The highest BCUT2D eigenvalue weighted by Crippen LogP contribution is 2.16. The van der Waals surface area contributed by atoms with E-state index in [-0.39, 0.29) is 5.91 Å². The number of carbonyl (C=O) groups excluding carboxylic acids is 1. The molecule has 1 amide bonds. The molecule has 1 saturated heterocycles. The van der Waals surface area contributed by atoms with Crippen LogP contribution in [0.1, 0.15) is 41.6 Å². The van der Waals surface area contributed by atoms with E-state index in [4.69, 9.17) is 4.74 Å².